The molecule has 0 aliphatic heterocycles. The molecule has 1 aliphatic carbocycles. The maximum absolute atomic E-state index is 13.4. The Bertz CT molecular complexity index is 852. The molecule has 0 radical (unpaired) electrons. The minimum absolute atomic E-state index is 0.116. The van der Waals surface area contributed by atoms with Crippen LogP contribution in [-0.4, -0.2) is 38.1 Å². The molecule has 1 aromatic carbocycles. The number of nitrogens with two attached hydrogens (primary N) is 1. The largest absolute Gasteiger partial charge is 0.335 e. The summed E-state index contributed by atoms with van der Waals surface area (Å²) in [5.41, 5.74) is 0.478. The SMILES string of the molecule is C[C@@H](Sc1nnc(-c2cccc(F)c2)n1N)C(=O)NC(=O)NC1CCCCC1. The molecule has 1 aromatic heterocycles. The lowest BCUT2D eigenvalue weighted by molar-refractivity contribution is -0.119. The summed E-state index contributed by atoms with van der Waals surface area (Å²) < 4.78 is 14.6. The van der Waals surface area contributed by atoms with Crippen molar-refractivity contribution in [3.63, 3.8) is 0 Å². The number of nitrogen functional groups attached to an aromatic ring is 1. The molecular weight excluding hydrogens is 383 g/mol. The van der Waals surface area contributed by atoms with E-state index in [1.807, 2.05) is 0 Å². The molecule has 1 aliphatic rings. The number of hydrogen-bond acceptors (Lipinski definition) is 6. The number of nitrogens with one attached hydrogen (secondary N) is 2. The molecule has 1 fully saturated rings. The van der Waals surface area contributed by atoms with Crippen LogP contribution in [0.4, 0.5) is 9.18 Å². The molecule has 1 atom stereocenters. The topological polar surface area (TPSA) is 115 Å². The number of benzene rings is 1. The fourth-order valence-electron chi connectivity index (χ4n) is 3.08. The first-order valence-electron chi connectivity index (χ1n) is 9.18. The highest BCUT2D eigenvalue weighted by molar-refractivity contribution is 8.00. The van der Waals surface area contributed by atoms with E-state index in [9.17, 15) is 14.0 Å². The van der Waals surface area contributed by atoms with Crippen LogP contribution in [0.25, 0.3) is 11.4 Å². The summed E-state index contributed by atoms with van der Waals surface area (Å²) in [4.78, 5) is 24.3. The van der Waals surface area contributed by atoms with Crippen molar-refractivity contribution in [1.82, 2.24) is 25.5 Å². The lowest BCUT2D eigenvalue weighted by atomic mass is 9.96. The second kappa shape index (κ2) is 9.05. The number of hydrogen-bond donors (Lipinski definition) is 3. The third-order valence-corrected chi connectivity index (χ3v) is 5.63. The molecule has 10 heteroatoms. The van der Waals surface area contributed by atoms with Crippen molar-refractivity contribution in [3.8, 4) is 11.4 Å². The number of thioether (sulfide) groups is 1. The summed E-state index contributed by atoms with van der Waals surface area (Å²) in [6, 6.07) is 5.46. The van der Waals surface area contributed by atoms with Gasteiger partial charge in [-0.25, -0.2) is 13.9 Å². The first kappa shape index (κ1) is 20.1. The van der Waals surface area contributed by atoms with E-state index in [-0.39, 0.29) is 17.0 Å². The molecule has 1 saturated carbocycles. The summed E-state index contributed by atoms with van der Waals surface area (Å²) in [7, 11) is 0. The summed E-state index contributed by atoms with van der Waals surface area (Å²) in [5.74, 6) is 5.42. The quantitative estimate of drug-likeness (QED) is 0.519. The number of amides is 3. The Kier molecular flexibility index (Phi) is 6.50. The van der Waals surface area contributed by atoms with Crippen LogP contribution < -0.4 is 16.5 Å². The number of imide groups is 1. The number of carbonyl (C=O) groups excluding carboxylic acids is 2. The number of halogens is 1. The zero-order valence-electron chi connectivity index (χ0n) is 15.5. The van der Waals surface area contributed by atoms with E-state index in [1.165, 1.54) is 23.2 Å². The Labute approximate surface area is 166 Å². The van der Waals surface area contributed by atoms with Crippen LogP contribution in [0.1, 0.15) is 39.0 Å². The molecule has 8 nitrogen and oxygen atoms in total. The lowest BCUT2D eigenvalue weighted by Crippen LogP contribution is -2.47. The van der Waals surface area contributed by atoms with Gasteiger partial charge in [-0.15, -0.1) is 10.2 Å². The van der Waals surface area contributed by atoms with Crippen LogP contribution in [0, 0.1) is 5.82 Å². The highest BCUT2D eigenvalue weighted by atomic mass is 32.2. The maximum Gasteiger partial charge on any atom is 0.321 e. The third-order valence-electron chi connectivity index (χ3n) is 4.58. The van der Waals surface area contributed by atoms with Crippen LogP contribution >= 0.6 is 11.8 Å². The van der Waals surface area contributed by atoms with Crippen molar-refractivity contribution < 1.29 is 14.0 Å². The van der Waals surface area contributed by atoms with Crippen molar-refractivity contribution in [2.24, 2.45) is 0 Å². The molecule has 0 saturated heterocycles. The van der Waals surface area contributed by atoms with E-state index in [0.717, 1.165) is 37.4 Å². The molecule has 3 rings (SSSR count). The zero-order valence-corrected chi connectivity index (χ0v) is 16.3. The van der Waals surface area contributed by atoms with E-state index in [0.29, 0.717) is 5.56 Å². The Morgan fingerprint density at radius 2 is 2.04 bits per heavy atom. The van der Waals surface area contributed by atoms with Crippen molar-refractivity contribution in [1.29, 1.82) is 0 Å². The van der Waals surface area contributed by atoms with Crippen molar-refractivity contribution in [3.05, 3.63) is 30.1 Å². The van der Waals surface area contributed by atoms with E-state index >= 15 is 0 Å². The summed E-state index contributed by atoms with van der Waals surface area (Å²) >= 11 is 1.06. The fourth-order valence-corrected chi connectivity index (χ4v) is 3.85. The van der Waals surface area contributed by atoms with Gasteiger partial charge in [0.25, 0.3) is 0 Å². The van der Waals surface area contributed by atoms with Gasteiger partial charge in [0.15, 0.2) is 5.82 Å². The van der Waals surface area contributed by atoms with Gasteiger partial charge in [0.2, 0.25) is 11.1 Å². The fraction of sp³-hybridized carbons (Fsp3) is 0.444. The monoisotopic (exact) mass is 406 g/mol. The minimum Gasteiger partial charge on any atom is -0.335 e. The van der Waals surface area contributed by atoms with Gasteiger partial charge in [0, 0.05) is 11.6 Å². The lowest BCUT2D eigenvalue weighted by Gasteiger charge is -2.22. The van der Waals surface area contributed by atoms with Crippen LogP contribution in [0.15, 0.2) is 29.4 Å². The molecule has 2 aromatic rings. The molecule has 150 valence electrons. The highest BCUT2D eigenvalue weighted by Gasteiger charge is 2.23. The number of carbonyl (C=O) groups is 2. The van der Waals surface area contributed by atoms with Gasteiger partial charge in [-0.1, -0.05) is 43.2 Å². The van der Waals surface area contributed by atoms with Crippen molar-refractivity contribution in [2.75, 3.05) is 5.84 Å². The van der Waals surface area contributed by atoms with E-state index < -0.39 is 23.0 Å². The molecule has 28 heavy (non-hydrogen) atoms. The summed E-state index contributed by atoms with van der Waals surface area (Å²) in [6.07, 6.45) is 5.23. The first-order chi connectivity index (χ1) is 13.4. The van der Waals surface area contributed by atoms with Crippen molar-refractivity contribution >= 4 is 23.7 Å². The van der Waals surface area contributed by atoms with Gasteiger partial charge in [-0.05, 0) is 31.9 Å². The van der Waals surface area contributed by atoms with Gasteiger partial charge < -0.3 is 11.2 Å². The predicted molar refractivity (Wildman–Crippen MR) is 104 cm³/mol. The van der Waals surface area contributed by atoms with Crippen LogP contribution in [0.3, 0.4) is 0 Å². The number of rotatable bonds is 5. The maximum atomic E-state index is 13.4. The molecule has 0 unspecified atom stereocenters. The third kappa shape index (κ3) is 5.00. The highest BCUT2D eigenvalue weighted by Crippen LogP contribution is 2.25. The van der Waals surface area contributed by atoms with Crippen LogP contribution in [0.2, 0.25) is 0 Å². The normalized spacial score (nSPS) is 15.8. The van der Waals surface area contributed by atoms with Gasteiger partial charge in [0.1, 0.15) is 5.82 Å². The second-order valence-electron chi connectivity index (χ2n) is 6.74. The molecule has 0 spiro atoms. The number of urea groups is 1. The second-order valence-corrected chi connectivity index (χ2v) is 8.05. The van der Waals surface area contributed by atoms with Crippen LogP contribution in [0.5, 0.6) is 0 Å². The minimum atomic E-state index is -0.621. The predicted octanol–water partition coefficient (Wildman–Crippen LogP) is 2.44. The van der Waals surface area contributed by atoms with Gasteiger partial charge in [0.05, 0.1) is 5.25 Å². The standard InChI is InChI=1S/C18H23FN6O2S/c1-11(16(26)22-17(27)21-14-8-3-2-4-9-14)28-18-24-23-15(25(18)20)12-6-5-7-13(19)10-12/h5-7,10-11,14H,2-4,8-9,20H2,1H3,(H2,21,22,26,27)/t11-/m1/s1. The average Bonchev–Trinajstić information content (AvgIpc) is 3.02. The van der Waals surface area contributed by atoms with Gasteiger partial charge in [-0.3, -0.25) is 10.1 Å². The van der Waals surface area contributed by atoms with Gasteiger partial charge in [-0.2, -0.15) is 0 Å². The Morgan fingerprint density at radius 3 is 2.75 bits per heavy atom. The first-order valence-corrected chi connectivity index (χ1v) is 10.1. The molecule has 0 bridgehead atoms. The Hall–Kier alpha value is -2.62. The molecular formula is C18H23FN6O2S. The van der Waals surface area contributed by atoms with E-state index in [2.05, 4.69) is 20.8 Å². The summed E-state index contributed by atoms with van der Waals surface area (Å²) in [6.45, 7) is 1.64. The zero-order chi connectivity index (χ0) is 20.1. The van der Waals surface area contributed by atoms with Gasteiger partial charge >= 0.3 is 6.03 Å². The van der Waals surface area contributed by atoms with E-state index in [1.54, 1.807) is 19.1 Å². The number of aromatic nitrogens is 3. The van der Waals surface area contributed by atoms with Crippen LogP contribution in [-0.2, 0) is 4.79 Å². The smallest absolute Gasteiger partial charge is 0.321 e. The number of nitrogens with zero attached hydrogens (tertiary/aromatic N) is 3. The molecule has 3 amide bonds. The van der Waals surface area contributed by atoms with Crippen molar-refractivity contribution in [2.45, 2.75) is 55.5 Å². The summed E-state index contributed by atoms with van der Waals surface area (Å²) in [5, 5.41) is 12.8. The molecule has 1 heterocycles. The molecule has 4 N–H and O–H groups in total. The average molecular weight is 406 g/mol. The van der Waals surface area contributed by atoms with E-state index in [4.69, 9.17) is 5.84 Å². The Balaban J connectivity index is 1.57. The Morgan fingerprint density at radius 1 is 1.29 bits per heavy atom.